The monoisotopic (exact) mass is 451 g/mol. The molecule has 1 aliphatic heterocycles. The van der Waals surface area contributed by atoms with Crippen molar-refractivity contribution < 1.29 is 23.1 Å². The van der Waals surface area contributed by atoms with E-state index in [0.717, 1.165) is 50.9 Å². The van der Waals surface area contributed by atoms with Crippen LogP contribution in [0.25, 0.3) is 0 Å². The highest BCUT2D eigenvalue weighted by Gasteiger charge is 2.23. The third kappa shape index (κ3) is 6.83. The maximum atomic E-state index is 13.8. The lowest BCUT2D eigenvalue weighted by atomic mass is 10.1. The van der Waals surface area contributed by atoms with E-state index in [1.165, 1.54) is 0 Å². The van der Waals surface area contributed by atoms with Crippen LogP contribution in [0, 0.1) is 11.6 Å². The zero-order valence-corrected chi connectivity index (χ0v) is 18.6. The van der Waals surface area contributed by atoms with Gasteiger partial charge in [0.2, 0.25) is 5.78 Å². The maximum absolute atomic E-state index is 13.8. The number of nitrogens with two attached hydrogens (primary N) is 2. The summed E-state index contributed by atoms with van der Waals surface area (Å²) in [6.45, 7) is 8.92. The fraction of sp³-hybridized carbons (Fsp3) is 0.500. The van der Waals surface area contributed by atoms with Crippen molar-refractivity contribution in [3.8, 4) is 0 Å². The van der Waals surface area contributed by atoms with Crippen LogP contribution in [0.15, 0.2) is 34.5 Å². The van der Waals surface area contributed by atoms with E-state index in [0.29, 0.717) is 19.5 Å². The second kappa shape index (κ2) is 12.3. The molecule has 0 atom stereocenters. The molecule has 1 aliphatic rings. The summed E-state index contributed by atoms with van der Waals surface area (Å²) >= 11 is 0. The Bertz CT molecular complexity index is 860. The number of carbonyl (C=O) groups is 2. The van der Waals surface area contributed by atoms with Crippen molar-refractivity contribution in [1.29, 1.82) is 0 Å². The Morgan fingerprint density at radius 2 is 1.66 bits per heavy atom. The minimum Gasteiger partial charge on any atom is -0.454 e. The molecule has 0 aromatic heterocycles. The number of rotatable bonds is 10. The van der Waals surface area contributed by atoms with Gasteiger partial charge in [-0.2, -0.15) is 0 Å². The number of ether oxygens (including phenoxy) is 1. The largest absolute Gasteiger partial charge is 0.454 e. The number of likely N-dealkylation sites (N-methyl/N-ethyl adjacent to an activating group) is 1. The Labute approximate surface area is 186 Å². The van der Waals surface area contributed by atoms with Gasteiger partial charge in [-0.3, -0.25) is 14.7 Å². The van der Waals surface area contributed by atoms with Crippen LogP contribution in [0.2, 0.25) is 0 Å². The zero-order valence-electron chi connectivity index (χ0n) is 18.6. The first-order chi connectivity index (χ1) is 15.3. The first kappa shape index (κ1) is 25.4. The van der Waals surface area contributed by atoms with Gasteiger partial charge < -0.3 is 21.1 Å². The maximum Gasteiger partial charge on any atom is 0.344 e. The van der Waals surface area contributed by atoms with E-state index in [9.17, 15) is 18.4 Å². The molecule has 1 saturated heterocycles. The fourth-order valence-electron chi connectivity index (χ4n) is 3.34. The number of allylic oxidation sites excluding steroid dienone is 1. The van der Waals surface area contributed by atoms with Gasteiger partial charge in [0.15, 0.2) is 6.61 Å². The average Bonchev–Trinajstić information content (AvgIpc) is 2.78. The molecule has 10 heteroatoms. The lowest BCUT2D eigenvalue weighted by Crippen LogP contribution is -2.46. The smallest absolute Gasteiger partial charge is 0.344 e. The quantitative estimate of drug-likeness (QED) is 0.181. The number of benzene rings is 1. The minimum atomic E-state index is -1.03. The molecule has 0 aliphatic carbocycles. The number of hydrogen-bond donors (Lipinski definition) is 2. The molecular formula is C22H31F2N5O3. The molecule has 4 N–H and O–H groups in total. The van der Waals surface area contributed by atoms with Crippen LogP contribution in [-0.4, -0.2) is 79.8 Å². The second-order valence-electron chi connectivity index (χ2n) is 7.39. The lowest BCUT2D eigenvalue weighted by Gasteiger charge is -2.33. The lowest BCUT2D eigenvalue weighted by molar-refractivity contribution is -0.137. The Morgan fingerprint density at radius 1 is 1.06 bits per heavy atom. The molecule has 176 valence electrons. The molecule has 8 nitrogen and oxygen atoms in total. The number of halogens is 2. The summed E-state index contributed by atoms with van der Waals surface area (Å²) in [5, 5.41) is 0. The normalized spacial score (nSPS) is 16.6. The zero-order chi connectivity index (χ0) is 23.7. The van der Waals surface area contributed by atoms with Crippen molar-refractivity contribution >= 4 is 17.6 Å². The highest BCUT2D eigenvalue weighted by atomic mass is 19.1. The van der Waals surface area contributed by atoms with Gasteiger partial charge in [-0.15, -0.1) is 0 Å². The van der Waals surface area contributed by atoms with Gasteiger partial charge in [-0.05, 0) is 25.1 Å². The molecule has 1 fully saturated rings. The van der Waals surface area contributed by atoms with E-state index < -0.39 is 35.6 Å². The van der Waals surface area contributed by atoms with E-state index in [1.54, 1.807) is 6.92 Å². The van der Waals surface area contributed by atoms with Crippen LogP contribution >= 0.6 is 0 Å². The highest BCUT2D eigenvalue weighted by Crippen LogP contribution is 2.14. The van der Waals surface area contributed by atoms with Gasteiger partial charge in [0.05, 0.1) is 12.1 Å². The summed E-state index contributed by atoms with van der Waals surface area (Å²) in [7, 11) is 0. The number of piperazine rings is 1. The van der Waals surface area contributed by atoms with Crippen molar-refractivity contribution in [1.82, 2.24) is 9.80 Å². The van der Waals surface area contributed by atoms with Crippen LogP contribution in [0.5, 0.6) is 0 Å². The van der Waals surface area contributed by atoms with Gasteiger partial charge in [0.25, 0.3) is 0 Å². The molecule has 0 saturated carbocycles. The molecule has 32 heavy (non-hydrogen) atoms. The van der Waals surface area contributed by atoms with Crippen LogP contribution in [0.1, 0.15) is 30.6 Å². The van der Waals surface area contributed by atoms with Gasteiger partial charge in [0.1, 0.15) is 23.0 Å². The minimum absolute atomic E-state index is 0.0916. The molecular weight excluding hydrogens is 420 g/mol. The van der Waals surface area contributed by atoms with Crippen molar-refractivity contribution in [2.24, 2.45) is 16.5 Å². The fourth-order valence-corrected chi connectivity index (χ4v) is 3.34. The summed E-state index contributed by atoms with van der Waals surface area (Å²) in [6, 6.07) is 3.04. The van der Waals surface area contributed by atoms with E-state index in [2.05, 4.69) is 21.7 Å². The molecule has 1 heterocycles. The van der Waals surface area contributed by atoms with Crippen molar-refractivity contribution in [2.75, 3.05) is 52.4 Å². The van der Waals surface area contributed by atoms with Crippen molar-refractivity contribution in [3.63, 3.8) is 0 Å². The summed E-state index contributed by atoms with van der Waals surface area (Å²) in [5.41, 5.74) is 11.2. The van der Waals surface area contributed by atoms with Crippen LogP contribution in [-0.2, 0) is 9.53 Å². The molecule has 0 spiro atoms. The van der Waals surface area contributed by atoms with Crippen molar-refractivity contribution in [2.45, 2.75) is 20.3 Å². The summed E-state index contributed by atoms with van der Waals surface area (Å²) in [5.74, 6) is -4.13. The molecule has 2 rings (SSSR count). The van der Waals surface area contributed by atoms with E-state index in [4.69, 9.17) is 16.2 Å². The van der Waals surface area contributed by atoms with Gasteiger partial charge in [0, 0.05) is 38.4 Å². The van der Waals surface area contributed by atoms with Crippen LogP contribution in [0.4, 0.5) is 8.78 Å². The molecule has 1 aromatic carbocycles. The van der Waals surface area contributed by atoms with E-state index >= 15 is 0 Å². The van der Waals surface area contributed by atoms with E-state index in [1.807, 2.05) is 0 Å². The molecule has 1 aromatic rings. The third-order valence-corrected chi connectivity index (χ3v) is 5.35. The molecule has 0 radical (unpaired) electrons. The predicted molar refractivity (Wildman–Crippen MR) is 118 cm³/mol. The Hall–Kier alpha value is -2.85. The van der Waals surface area contributed by atoms with Crippen molar-refractivity contribution in [3.05, 3.63) is 46.7 Å². The summed E-state index contributed by atoms with van der Waals surface area (Å²) in [4.78, 5) is 33.6. The number of carbonyl (C=O) groups excluding carboxylic acids is 2. The van der Waals surface area contributed by atoms with Crippen LogP contribution in [0.3, 0.4) is 0 Å². The van der Waals surface area contributed by atoms with E-state index in [-0.39, 0.29) is 17.1 Å². The summed E-state index contributed by atoms with van der Waals surface area (Å²) < 4.78 is 32.5. The number of hydrogen-bond acceptors (Lipinski definition) is 7. The Balaban J connectivity index is 1.99. The first-order valence-electron chi connectivity index (χ1n) is 10.7. The predicted octanol–water partition coefficient (Wildman–Crippen LogP) is 1.31. The molecule has 0 bridgehead atoms. The number of esters is 1. The second-order valence-corrected chi connectivity index (χ2v) is 7.39. The average molecular weight is 452 g/mol. The number of ketones is 1. The molecule has 0 amide bonds. The number of amidine groups is 1. The summed E-state index contributed by atoms with van der Waals surface area (Å²) in [6.07, 6.45) is 0.301. The first-order valence-corrected chi connectivity index (χ1v) is 10.7. The Kier molecular flexibility index (Phi) is 9.73. The highest BCUT2D eigenvalue weighted by molar-refractivity contribution is 6.19. The number of nitrogens with zero attached hydrogens (tertiary/aromatic N) is 3. The van der Waals surface area contributed by atoms with Gasteiger partial charge >= 0.3 is 5.97 Å². The van der Waals surface area contributed by atoms with Gasteiger partial charge in [-0.1, -0.05) is 19.9 Å². The number of aliphatic imine (C=N–C) groups is 1. The molecule has 0 unspecified atom stereocenters. The van der Waals surface area contributed by atoms with Gasteiger partial charge in [-0.25, -0.2) is 13.6 Å². The number of Topliss-reactive ketones (excluding diaryl/α,β-unsaturated/α-hetero) is 1. The van der Waals surface area contributed by atoms with Crippen LogP contribution < -0.4 is 11.5 Å². The standard InChI is InChI=1S/C22H31F2N5O3/c1-3-17(25)20(21(26)27-8-9-29-12-10-28(4-2)11-13-29)22(31)32-14-18(30)19-15(23)6-5-7-16(19)24/h5-7H,3-4,8-14,25H2,1-2H3,(H2,26,27)/b20-17+. The SMILES string of the molecule is CC/C(N)=C(\C(=O)OCC(=O)c1c(F)cccc1F)C(N)=NCCN1CCN(CC)CC1. The topological polar surface area (TPSA) is 114 Å². The third-order valence-electron chi connectivity index (χ3n) is 5.35. The Morgan fingerprint density at radius 3 is 2.22 bits per heavy atom.